The fourth-order valence-electron chi connectivity index (χ4n) is 5.59. The van der Waals surface area contributed by atoms with Crippen LogP contribution in [0.5, 0.6) is 0 Å². The zero-order valence-corrected chi connectivity index (χ0v) is 22.7. The Morgan fingerprint density at radius 1 is 0.366 bits per heavy atom. The number of benzene rings is 7. The molecule has 7 rings (SSSR count). The van der Waals surface area contributed by atoms with Crippen molar-refractivity contribution in [3.63, 3.8) is 0 Å². The zero-order chi connectivity index (χ0) is 27.6. The van der Waals surface area contributed by atoms with E-state index in [2.05, 4.69) is 175 Å². The molecule has 194 valence electrons. The SMILES string of the molecule is C=C(c1ccc(N(c2ccccc2)c2cccc(-c3ccccc3)c2)cc1)c1ccc2cc3ccccc3cc2c1. The molecule has 41 heavy (non-hydrogen) atoms. The lowest BCUT2D eigenvalue weighted by atomic mass is 9.95. The van der Waals surface area contributed by atoms with Gasteiger partial charge >= 0.3 is 0 Å². The molecular formula is C40H29N. The van der Waals surface area contributed by atoms with Gasteiger partial charge in [-0.1, -0.05) is 116 Å². The first-order chi connectivity index (χ1) is 20.2. The second kappa shape index (κ2) is 10.6. The topological polar surface area (TPSA) is 3.24 Å². The number of nitrogens with zero attached hydrogens (tertiary/aromatic N) is 1. The Bertz CT molecular complexity index is 1990. The summed E-state index contributed by atoms with van der Waals surface area (Å²) in [7, 11) is 0. The third-order valence-corrected chi connectivity index (χ3v) is 7.75. The van der Waals surface area contributed by atoms with Crippen LogP contribution < -0.4 is 4.90 Å². The van der Waals surface area contributed by atoms with E-state index in [9.17, 15) is 0 Å². The van der Waals surface area contributed by atoms with E-state index >= 15 is 0 Å². The highest BCUT2D eigenvalue weighted by molar-refractivity contribution is 5.99. The second-order valence-electron chi connectivity index (χ2n) is 10.4. The molecule has 0 aliphatic rings. The van der Waals surface area contributed by atoms with Crippen molar-refractivity contribution in [2.45, 2.75) is 0 Å². The minimum atomic E-state index is 1.02. The highest BCUT2D eigenvalue weighted by Crippen LogP contribution is 2.37. The van der Waals surface area contributed by atoms with Crippen molar-refractivity contribution in [1.82, 2.24) is 0 Å². The molecule has 0 saturated carbocycles. The third-order valence-electron chi connectivity index (χ3n) is 7.75. The van der Waals surface area contributed by atoms with Crippen LogP contribution in [0.3, 0.4) is 0 Å². The molecule has 0 bridgehead atoms. The molecule has 0 heterocycles. The molecule has 7 aromatic rings. The van der Waals surface area contributed by atoms with Crippen molar-refractivity contribution in [3.05, 3.63) is 181 Å². The molecule has 1 nitrogen and oxygen atoms in total. The van der Waals surface area contributed by atoms with E-state index in [-0.39, 0.29) is 0 Å². The van der Waals surface area contributed by atoms with Crippen LogP contribution in [0.25, 0.3) is 38.2 Å². The number of hydrogen-bond donors (Lipinski definition) is 0. The van der Waals surface area contributed by atoms with Gasteiger partial charge in [0.2, 0.25) is 0 Å². The van der Waals surface area contributed by atoms with Crippen LogP contribution in [-0.4, -0.2) is 0 Å². The van der Waals surface area contributed by atoms with Crippen LogP contribution in [0.2, 0.25) is 0 Å². The lowest BCUT2D eigenvalue weighted by molar-refractivity contribution is 1.28. The average molecular weight is 524 g/mol. The zero-order valence-electron chi connectivity index (χ0n) is 22.7. The number of anilines is 3. The summed E-state index contributed by atoms with van der Waals surface area (Å²) >= 11 is 0. The van der Waals surface area contributed by atoms with Gasteiger partial charge in [-0.3, -0.25) is 0 Å². The van der Waals surface area contributed by atoms with E-state index in [1.54, 1.807) is 0 Å². The summed E-state index contributed by atoms with van der Waals surface area (Å²) in [5, 5.41) is 4.99. The Balaban J connectivity index is 1.23. The number of fused-ring (bicyclic) bond motifs is 2. The molecule has 0 unspecified atom stereocenters. The summed E-state index contributed by atoms with van der Waals surface area (Å²) in [6.45, 7) is 4.49. The molecule has 0 spiro atoms. The van der Waals surface area contributed by atoms with Crippen molar-refractivity contribution in [2.75, 3.05) is 4.90 Å². The van der Waals surface area contributed by atoms with Gasteiger partial charge in [0.1, 0.15) is 0 Å². The van der Waals surface area contributed by atoms with Crippen LogP contribution in [0.15, 0.2) is 170 Å². The quantitative estimate of drug-likeness (QED) is 0.196. The minimum Gasteiger partial charge on any atom is -0.310 e. The van der Waals surface area contributed by atoms with E-state index in [0.29, 0.717) is 0 Å². The second-order valence-corrected chi connectivity index (χ2v) is 10.4. The third kappa shape index (κ3) is 4.90. The molecule has 0 N–H and O–H groups in total. The van der Waals surface area contributed by atoms with Gasteiger partial charge in [0, 0.05) is 17.1 Å². The predicted molar refractivity (Wildman–Crippen MR) is 176 cm³/mol. The maximum absolute atomic E-state index is 4.49. The first-order valence-corrected chi connectivity index (χ1v) is 14.0. The molecule has 7 aromatic carbocycles. The molecule has 0 aliphatic carbocycles. The van der Waals surface area contributed by atoms with E-state index in [0.717, 1.165) is 33.8 Å². The van der Waals surface area contributed by atoms with E-state index in [1.807, 2.05) is 0 Å². The lowest BCUT2D eigenvalue weighted by Crippen LogP contribution is -2.10. The fraction of sp³-hybridized carbons (Fsp3) is 0. The molecule has 0 atom stereocenters. The van der Waals surface area contributed by atoms with Crippen molar-refractivity contribution in [1.29, 1.82) is 0 Å². The first kappa shape index (κ1) is 24.6. The standard InChI is InChI=1S/C40H29N/c1-29(32-19-20-36-26-33-13-8-9-14-34(33)27-37(36)25-32)30-21-23-39(24-22-30)41(38-16-6-3-7-17-38)40-18-10-15-35(28-40)31-11-4-2-5-12-31/h2-28H,1H2. The number of hydrogen-bond acceptors (Lipinski definition) is 1. The smallest absolute Gasteiger partial charge is 0.0467 e. The summed E-state index contributed by atoms with van der Waals surface area (Å²) in [5.74, 6) is 0. The van der Waals surface area contributed by atoms with Crippen molar-refractivity contribution >= 4 is 44.2 Å². The van der Waals surface area contributed by atoms with Crippen LogP contribution in [0.4, 0.5) is 17.1 Å². The maximum Gasteiger partial charge on any atom is 0.0467 e. The van der Waals surface area contributed by atoms with Crippen molar-refractivity contribution in [2.24, 2.45) is 0 Å². The molecule has 0 amide bonds. The van der Waals surface area contributed by atoms with E-state index in [1.165, 1.54) is 32.7 Å². The Hall–Kier alpha value is -5.40. The van der Waals surface area contributed by atoms with Gasteiger partial charge in [0.05, 0.1) is 0 Å². The number of para-hydroxylation sites is 1. The summed E-state index contributed by atoms with van der Waals surface area (Å²) in [6.07, 6.45) is 0. The lowest BCUT2D eigenvalue weighted by Gasteiger charge is -2.26. The maximum atomic E-state index is 4.49. The minimum absolute atomic E-state index is 1.02. The fourth-order valence-corrected chi connectivity index (χ4v) is 5.59. The summed E-state index contributed by atoms with van der Waals surface area (Å²) in [6, 6.07) is 58.2. The van der Waals surface area contributed by atoms with Crippen LogP contribution in [-0.2, 0) is 0 Å². The molecule has 1 heteroatoms. The Labute approximate surface area is 241 Å². The molecule has 0 fully saturated rings. The number of rotatable bonds is 6. The predicted octanol–water partition coefficient (Wildman–Crippen LogP) is 11.2. The molecule has 0 saturated heterocycles. The van der Waals surface area contributed by atoms with Gasteiger partial charge in [-0.05, 0) is 104 Å². The first-order valence-electron chi connectivity index (χ1n) is 14.0. The van der Waals surface area contributed by atoms with Crippen LogP contribution in [0.1, 0.15) is 11.1 Å². The Morgan fingerprint density at radius 2 is 0.902 bits per heavy atom. The highest BCUT2D eigenvalue weighted by atomic mass is 15.1. The summed E-state index contributed by atoms with van der Waals surface area (Å²) in [5.41, 5.74) is 9.00. The van der Waals surface area contributed by atoms with Gasteiger partial charge in [0.15, 0.2) is 0 Å². The van der Waals surface area contributed by atoms with Crippen LogP contribution in [0, 0.1) is 0 Å². The van der Waals surface area contributed by atoms with Gasteiger partial charge in [-0.15, -0.1) is 0 Å². The highest BCUT2D eigenvalue weighted by Gasteiger charge is 2.14. The molecular weight excluding hydrogens is 494 g/mol. The van der Waals surface area contributed by atoms with E-state index < -0.39 is 0 Å². The Morgan fingerprint density at radius 3 is 1.63 bits per heavy atom. The molecule has 0 aromatic heterocycles. The van der Waals surface area contributed by atoms with Crippen molar-refractivity contribution in [3.8, 4) is 11.1 Å². The van der Waals surface area contributed by atoms with Crippen LogP contribution >= 0.6 is 0 Å². The van der Waals surface area contributed by atoms with Gasteiger partial charge in [0.25, 0.3) is 0 Å². The van der Waals surface area contributed by atoms with Gasteiger partial charge < -0.3 is 4.90 Å². The summed E-state index contributed by atoms with van der Waals surface area (Å²) < 4.78 is 0. The van der Waals surface area contributed by atoms with Gasteiger partial charge in [-0.25, -0.2) is 0 Å². The Kier molecular flexibility index (Phi) is 6.39. The van der Waals surface area contributed by atoms with Gasteiger partial charge in [-0.2, -0.15) is 0 Å². The average Bonchev–Trinajstić information content (AvgIpc) is 3.05. The normalized spacial score (nSPS) is 11.0. The largest absolute Gasteiger partial charge is 0.310 e. The van der Waals surface area contributed by atoms with Crippen molar-refractivity contribution < 1.29 is 0 Å². The molecule has 0 radical (unpaired) electrons. The van der Waals surface area contributed by atoms with E-state index in [4.69, 9.17) is 0 Å². The monoisotopic (exact) mass is 523 g/mol. The summed E-state index contributed by atoms with van der Waals surface area (Å²) in [4.78, 5) is 2.31. The molecule has 0 aliphatic heterocycles.